The number of hydrogen-bond donors (Lipinski definition) is 2. The fraction of sp³-hybridized carbons (Fsp3) is 0.444. The van der Waals surface area contributed by atoms with E-state index in [9.17, 15) is 19.1 Å². The molecule has 1 saturated carbocycles. The average molecular weight is 523 g/mol. The molecule has 10 nitrogen and oxygen atoms in total. The Morgan fingerprint density at radius 3 is 2.50 bits per heavy atom. The molecule has 5 rings (SSSR count). The lowest BCUT2D eigenvalue weighted by atomic mass is 10.0. The van der Waals surface area contributed by atoms with Gasteiger partial charge >= 0.3 is 0 Å². The molecule has 1 aliphatic heterocycles. The number of amides is 2. The highest BCUT2D eigenvalue weighted by Crippen LogP contribution is 2.28. The zero-order chi connectivity index (χ0) is 26.5. The highest BCUT2D eigenvalue weighted by Gasteiger charge is 2.35. The van der Waals surface area contributed by atoms with Crippen LogP contribution in [0.4, 0.5) is 4.39 Å². The van der Waals surface area contributed by atoms with Crippen LogP contribution in [0.15, 0.2) is 48.5 Å². The molecule has 3 aromatic rings. The van der Waals surface area contributed by atoms with Gasteiger partial charge < -0.3 is 20.1 Å². The normalized spacial score (nSPS) is 18.4. The van der Waals surface area contributed by atoms with E-state index in [1.807, 2.05) is 0 Å². The number of nitrogens with zero attached hydrogens (tertiary/aromatic N) is 5. The number of ether oxygens (including phenoxy) is 1. The summed E-state index contributed by atoms with van der Waals surface area (Å²) in [5, 5.41) is 25.3. The van der Waals surface area contributed by atoms with Gasteiger partial charge in [0.15, 0.2) is 0 Å². The Balaban J connectivity index is 1.42. The Morgan fingerprint density at radius 2 is 1.82 bits per heavy atom. The Morgan fingerprint density at radius 1 is 1.08 bits per heavy atom. The Hall–Kier alpha value is -3.86. The molecule has 1 aromatic heterocycles. The number of carbonyl (C=O) groups excluding carboxylic acids is 2. The summed E-state index contributed by atoms with van der Waals surface area (Å²) < 4.78 is 19.1. The monoisotopic (exact) mass is 522 g/mol. The topological polar surface area (TPSA) is 122 Å². The molecule has 0 bridgehead atoms. The van der Waals surface area contributed by atoms with Crippen molar-refractivity contribution in [2.75, 3.05) is 13.2 Å². The molecule has 2 aliphatic rings. The first-order chi connectivity index (χ1) is 18.5. The minimum Gasteiger partial charge on any atom is -0.508 e. The van der Waals surface area contributed by atoms with Gasteiger partial charge in [-0.05, 0) is 72.9 Å². The van der Waals surface area contributed by atoms with Gasteiger partial charge in [0.2, 0.25) is 17.6 Å². The van der Waals surface area contributed by atoms with Gasteiger partial charge in [-0.25, -0.2) is 4.39 Å². The molecule has 200 valence electrons. The third kappa shape index (κ3) is 6.16. The van der Waals surface area contributed by atoms with Gasteiger partial charge in [-0.15, -0.1) is 10.2 Å². The van der Waals surface area contributed by atoms with E-state index >= 15 is 0 Å². The smallest absolute Gasteiger partial charge is 0.247 e. The van der Waals surface area contributed by atoms with Crippen molar-refractivity contribution in [2.45, 2.75) is 63.3 Å². The summed E-state index contributed by atoms with van der Waals surface area (Å²) in [4.78, 5) is 30.2. The molecule has 1 aliphatic carbocycles. The van der Waals surface area contributed by atoms with E-state index in [2.05, 4.69) is 20.7 Å². The van der Waals surface area contributed by atoms with Crippen molar-refractivity contribution >= 4 is 11.8 Å². The second-order valence-corrected chi connectivity index (χ2v) is 9.82. The van der Waals surface area contributed by atoms with Crippen molar-refractivity contribution in [1.82, 2.24) is 30.4 Å². The molecule has 0 unspecified atom stereocenters. The maximum atomic E-state index is 13.8. The van der Waals surface area contributed by atoms with Crippen LogP contribution < -0.4 is 5.32 Å². The van der Waals surface area contributed by atoms with Crippen LogP contribution in [0.25, 0.3) is 11.4 Å². The summed E-state index contributed by atoms with van der Waals surface area (Å²) in [6.07, 6.45) is 5.40. The number of tetrazole rings is 1. The standard InChI is InChI=1S/C27H31FN6O4/c28-20-11-7-19(8-12-20)26-30-32-34(31-26)17-24(36)33(16-23-6-3-15-38-23)25(18-9-13-22(35)14-10-18)27(37)29-21-4-1-2-5-21/h7-14,21,23,25,35H,1-6,15-17H2,(H,29,37)/t23-,25-/m0/s1. The van der Waals surface area contributed by atoms with Crippen LogP contribution in [0.5, 0.6) is 5.75 Å². The summed E-state index contributed by atoms with van der Waals surface area (Å²) in [5.74, 6) is -0.689. The Kier molecular flexibility index (Phi) is 7.92. The largest absolute Gasteiger partial charge is 0.508 e. The third-order valence-electron chi connectivity index (χ3n) is 7.05. The van der Waals surface area contributed by atoms with Gasteiger partial charge in [-0.3, -0.25) is 9.59 Å². The lowest BCUT2D eigenvalue weighted by Gasteiger charge is -2.33. The molecule has 2 fully saturated rings. The molecule has 2 N–H and O–H groups in total. The number of benzene rings is 2. The van der Waals surface area contributed by atoms with Crippen LogP contribution in [-0.2, 0) is 20.9 Å². The molecular weight excluding hydrogens is 491 g/mol. The van der Waals surface area contributed by atoms with E-state index in [4.69, 9.17) is 4.74 Å². The number of aromatic hydroxyl groups is 1. The number of phenols is 1. The summed E-state index contributed by atoms with van der Waals surface area (Å²) in [6.45, 7) is 0.588. The van der Waals surface area contributed by atoms with Crippen LogP contribution in [0.1, 0.15) is 50.1 Å². The highest BCUT2D eigenvalue weighted by molar-refractivity contribution is 5.89. The van der Waals surface area contributed by atoms with Crippen molar-refractivity contribution in [3.63, 3.8) is 0 Å². The van der Waals surface area contributed by atoms with E-state index < -0.39 is 6.04 Å². The van der Waals surface area contributed by atoms with Crippen LogP contribution in [0, 0.1) is 5.82 Å². The first-order valence-corrected chi connectivity index (χ1v) is 13.0. The van der Waals surface area contributed by atoms with Gasteiger partial charge in [0.1, 0.15) is 24.2 Å². The second kappa shape index (κ2) is 11.7. The van der Waals surface area contributed by atoms with E-state index in [1.54, 1.807) is 12.1 Å². The second-order valence-electron chi connectivity index (χ2n) is 9.82. The molecular formula is C27H31FN6O4. The van der Waals surface area contributed by atoms with Gasteiger partial charge in [0.25, 0.3) is 0 Å². The molecule has 2 aromatic carbocycles. The summed E-state index contributed by atoms with van der Waals surface area (Å²) in [5.41, 5.74) is 1.16. The average Bonchev–Trinajstić information content (AvgIpc) is 3.69. The predicted molar refractivity (Wildman–Crippen MR) is 135 cm³/mol. The van der Waals surface area contributed by atoms with Crippen molar-refractivity contribution in [2.24, 2.45) is 0 Å². The number of nitrogens with one attached hydrogen (secondary N) is 1. The van der Waals surface area contributed by atoms with Crippen molar-refractivity contribution in [3.05, 3.63) is 59.9 Å². The van der Waals surface area contributed by atoms with Crippen LogP contribution in [0.3, 0.4) is 0 Å². The molecule has 2 atom stereocenters. The summed E-state index contributed by atoms with van der Waals surface area (Å²) in [6, 6.07) is 11.2. The van der Waals surface area contributed by atoms with Crippen LogP contribution in [0.2, 0.25) is 0 Å². The molecule has 0 spiro atoms. The third-order valence-corrected chi connectivity index (χ3v) is 7.05. The molecule has 38 heavy (non-hydrogen) atoms. The summed E-state index contributed by atoms with van der Waals surface area (Å²) >= 11 is 0. The maximum absolute atomic E-state index is 13.8. The maximum Gasteiger partial charge on any atom is 0.247 e. The molecule has 2 amide bonds. The molecule has 0 radical (unpaired) electrons. The van der Waals surface area contributed by atoms with Gasteiger partial charge in [0.05, 0.1) is 6.10 Å². The lowest BCUT2D eigenvalue weighted by molar-refractivity contribution is -0.143. The van der Waals surface area contributed by atoms with E-state index in [0.717, 1.165) is 38.5 Å². The van der Waals surface area contributed by atoms with E-state index in [1.165, 1.54) is 46.1 Å². The first kappa shape index (κ1) is 25.8. The lowest BCUT2D eigenvalue weighted by Crippen LogP contribution is -2.49. The molecule has 2 heterocycles. The first-order valence-electron chi connectivity index (χ1n) is 13.0. The fourth-order valence-corrected chi connectivity index (χ4v) is 5.08. The van der Waals surface area contributed by atoms with Crippen LogP contribution in [-0.4, -0.2) is 67.3 Å². The molecule has 1 saturated heterocycles. The zero-order valence-electron chi connectivity index (χ0n) is 21.0. The number of hydrogen-bond acceptors (Lipinski definition) is 7. The Labute approximate surface area is 219 Å². The van der Waals surface area contributed by atoms with E-state index in [0.29, 0.717) is 17.7 Å². The quantitative estimate of drug-likeness (QED) is 0.443. The van der Waals surface area contributed by atoms with Crippen molar-refractivity contribution in [1.29, 1.82) is 0 Å². The number of halogens is 1. The van der Waals surface area contributed by atoms with Crippen LogP contribution >= 0.6 is 0 Å². The predicted octanol–water partition coefficient (Wildman–Crippen LogP) is 2.99. The number of aromatic nitrogens is 4. The van der Waals surface area contributed by atoms with Gasteiger partial charge in [0, 0.05) is 24.8 Å². The zero-order valence-corrected chi connectivity index (χ0v) is 21.0. The van der Waals surface area contributed by atoms with Crippen molar-refractivity contribution < 1.29 is 23.8 Å². The Bertz CT molecular complexity index is 1240. The number of rotatable bonds is 9. The van der Waals surface area contributed by atoms with Crippen molar-refractivity contribution in [3.8, 4) is 17.1 Å². The SMILES string of the molecule is O=C(NC1CCCC1)[C@H](c1ccc(O)cc1)N(C[C@@H]1CCCO1)C(=O)Cn1nnc(-c2ccc(F)cc2)n1. The number of carbonyl (C=O) groups is 2. The summed E-state index contributed by atoms with van der Waals surface area (Å²) in [7, 11) is 0. The fourth-order valence-electron chi connectivity index (χ4n) is 5.08. The minimum atomic E-state index is -0.923. The number of phenolic OH excluding ortho intramolecular Hbond substituents is 1. The molecule has 11 heteroatoms. The van der Waals surface area contributed by atoms with Gasteiger partial charge in [-0.1, -0.05) is 25.0 Å². The highest BCUT2D eigenvalue weighted by atomic mass is 19.1. The van der Waals surface area contributed by atoms with E-state index in [-0.39, 0.29) is 54.4 Å². The van der Waals surface area contributed by atoms with Gasteiger partial charge in [-0.2, -0.15) is 4.80 Å². The minimum absolute atomic E-state index is 0.0667.